The second-order valence-corrected chi connectivity index (χ2v) is 4.08. The van der Waals surface area contributed by atoms with Crippen LogP contribution in [0.2, 0.25) is 0 Å². The molecule has 132 valence electrons. The Kier molecular flexibility index (Phi) is 4.27. The van der Waals surface area contributed by atoms with Gasteiger partial charge in [0.05, 0.1) is 0 Å². The van der Waals surface area contributed by atoms with Gasteiger partial charge in [0.1, 0.15) is 5.69 Å². The fraction of sp³-hybridized carbons (Fsp3) is 0.556. The molecular formula is C9H5F9N2O3. The summed E-state index contributed by atoms with van der Waals surface area (Å²) in [7, 11) is 0.706. The molecule has 1 aromatic rings. The van der Waals surface area contributed by atoms with Crippen LogP contribution in [0.4, 0.5) is 44.3 Å². The fourth-order valence-electron chi connectivity index (χ4n) is 1.32. The molecular weight excluding hydrogens is 355 g/mol. The highest BCUT2D eigenvalue weighted by Crippen LogP contribution is 2.56. The van der Waals surface area contributed by atoms with Crippen molar-refractivity contribution in [1.29, 1.82) is 0 Å². The molecule has 1 rings (SSSR count). The predicted molar refractivity (Wildman–Crippen MR) is 51.7 cm³/mol. The summed E-state index contributed by atoms with van der Waals surface area (Å²) in [5.74, 6) is -21.1. The number of nitrogens with zero attached hydrogens (tertiary/aromatic N) is 2. The molecule has 0 saturated carbocycles. The zero-order chi connectivity index (χ0) is 18.4. The van der Waals surface area contributed by atoms with Crippen LogP contribution >= 0.6 is 0 Å². The van der Waals surface area contributed by atoms with Crippen molar-refractivity contribution in [2.45, 2.75) is 23.9 Å². The molecule has 0 bridgehead atoms. The van der Waals surface area contributed by atoms with Crippen LogP contribution in [0.15, 0.2) is 6.07 Å². The first-order valence-electron chi connectivity index (χ1n) is 5.21. The number of alkyl halides is 9. The molecule has 1 heterocycles. The maximum Gasteiger partial charge on any atom is 0.512 e. The van der Waals surface area contributed by atoms with E-state index in [1.54, 1.807) is 0 Å². The predicted octanol–water partition coefficient (Wildman–Crippen LogP) is 3.40. The molecule has 0 radical (unpaired) electrons. The minimum atomic E-state index is -7.07. The lowest BCUT2D eigenvalue weighted by molar-refractivity contribution is -0.400. The van der Waals surface area contributed by atoms with E-state index in [2.05, 4.69) is 9.84 Å². The van der Waals surface area contributed by atoms with Gasteiger partial charge in [-0.2, -0.15) is 44.6 Å². The third kappa shape index (κ3) is 2.88. The molecule has 0 spiro atoms. The molecule has 0 atom stereocenters. The smallest absolute Gasteiger partial charge is 0.449 e. The van der Waals surface area contributed by atoms with E-state index in [1.807, 2.05) is 0 Å². The molecule has 0 aliphatic carbocycles. The van der Waals surface area contributed by atoms with Crippen molar-refractivity contribution in [3.63, 3.8) is 0 Å². The summed E-state index contributed by atoms with van der Waals surface area (Å²) in [4.78, 5) is 10.2. The number of carboxylic acid groups (broad SMARTS) is 1. The Bertz CT molecular complexity index is 608. The molecule has 0 saturated heterocycles. The fourth-order valence-corrected chi connectivity index (χ4v) is 1.32. The average molecular weight is 360 g/mol. The Balaban J connectivity index is 3.38. The van der Waals surface area contributed by atoms with Gasteiger partial charge in [-0.1, -0.05) is 0 Å². The lowest BCUT2D eigenvalue weighted by Crippen LogP contribution is -2.59. The highest BCUT2D eigenvalue weighted by molar-refractivity contribution is 5.60. The van der Waals surface area contributed by atoms with E-state index in [0.29, 0.717) is 7.05 Å². The first-order chi connectivity index (χ1) is 10.1. The average Bonchev–Trinajstić information content (AvgIpc) is 2.68. The highest BCUT2D eigenvalue weighted by atomic mass is 19.4. The van der Waals surface area contributed by atoms with Crippen molar-refractivity contribution in [1.82, 2.24) is 9.78 Å². The first-order valence-corrected chi connectivity index (χ1v) is 5.21. The Morgan fingerprint density at radius 1 is 1.09 bits per heavy atom. The number of hydrogen-bond acceptors (Lipinski definition) is 3. The molecule has 14 heteroatoms. The van der Waals surface area contributed by atoms with Gasteiger partial charge in [-0.05, 0) is 0 Å². The topological polar surface area (TPSA) is 64.4 Å². The van der Waals surface area contributed by atoms with E-state index < -0.39 is 41.7 Å². The minimum Gasteiger partial charge on any atom is -0.449 e. The summed E-state index contributed by atoms with van der Waals surface area (Å²) < 4.78 is 118. The summed E-state index contributed by atoms with van der Waals surface area (Å²) in [5.41, 5.74) is -2.23. The highest BCUT2D eigenvalue weighted by Gasteiger charge is 2.82. The number of rotatable bonds is 4. The zero-order valence-corrected chi connectivity index (χ0v) is 10.6. The van der Waals surface area contributed by atoms with Crippen LogP contribution in [0.1, 0.15) is 5.69 Å². The number of aryl methyl sites for hydroxylation is 1. The number of ether oxygens (including phenoxy) is 1. The van der Waals surface area contributed by atoms with Crippen LogP contribution in [0.5, 0.6) is 5.88 Å². The molecule has 0 fully saturated rings. The van der Waals surface area contributed by atoms with Crippen LogP contribution in [0, 0.1) is 0 Å². The van der Waals surface area contributed by atoms with Gasteiger partial charge in [-0.3, -0.25) is 0 Å². The summed E-state index contributed by atoms with van der Waals surface area (Å²) in [6.45, 7) is 0. The molecule has 5 nitrogen and oxygen atoms in total. The van der Waals surface area contributed by atoms with Crippen LogP contribution < -0.4 is 4.74 Å². The van der Waals surface area contributed by atoms with E-state index in [4.69, 9.17) is 5.11 Å². The van der Waals surface area contributed by atoms with Gasteiger partial charge in [0.15, 0.2) is 0 Å². The summed E-state index contributed by atoms with van der Waals surface area (Å²) >= 11 is 0. The van der Waals surface area contributed by atoms with Crippen LogP contribution in [-0.4, -0.2) is 39.1 Å². The largest absolute Gasteiger partial charge is 0.512 e. The van der Waals surface area contributed by atoms with Crippen molar-refractivity contribution < 1.29 is 54.2 Å². The van der Waals surface area contributed by atoms with Gasteiger partial charge in [-0.15, -0.1) is 0 Å². The Morgan fingerprint density at radius 2 is 1.57 bits per heavy atom. The number of aromatic nitrogens is 2. The lowest BCUT2D eigenvalue weighted by Gasteiger charge is -2.32. The van der Waals surface area contributed by atoms with Gasteiger partial charge in [-0.25, -0.2) is 9.48 Å². The SMILES string of the molecule is Cn1nc(C(F)(F)C(F)(F)C(F)(F)C(F)(F)F)cc1OC(=O)O. The molecule has 0 aliphatic rings. The second kappa shape index (κ2) is 5.19. The third-order valence-electron chi connectivity index (χ3n) is 2.50. The molecule has 0 aliphatic heterocycles. The molecule has 0 amide bonds. The van der Waals surface area contributed by atoms with Crippen LogP contribution in [0.25, 0.3) is 0 Å². The molecule has 1 N–H and O–H groups in total. The second-order valence-electron chi connectivity index (χ2n) is 4.08. The van der Waals surface area contributed by atoms with E-state index in [9.17, 15) is 44.3 Å². The number of halogens is 9. The van der Waals surface area contributed by atoms with E-state index in [-0.39, 0.29) is 10.7 Å². The van der Waals surface area contributed by atoms with Crippen molar-refractivity contribution >= 4 is 6.16 Å². The van der Waals surface area contributed by atoms with Gasteiger partial charge in [0, 0.05) is 13.1 Å². The minimum absolute atomic E-state index is 0.138. The third-order valence-corrected chi connectivity index (χ3v) is 2.50. The first kappa shape index (κ1) is 18.9. The number of carbonyl (C=O) groups is 1. The Hall–Kier alpha value is -2.15. The van der Waals surface area contributed by atoms with Crippen LogP contribution in [0.3, 0.4) is 0 Å². The van der Waals surface area contributed by atoms with Gasteiger partial charge >= 0.3 is 30.1 Å². The zero-order valence-electron chi connectivity index (χ0n) is 10.6. The summed E-state index contributed by atoms with van der Waals surface area (Å²) in [6, 6.07) is -0.200. The normalized spacial score (nSPS) is 14.0. The monoisotopic (exact) mass is 360 g/mol. The van der Waals surface area contributed by atoms with E-state index >= 15 is 0 Å². The summed E-state index contributed by atoms with van der Waals surface area (Å²) in [6.07, 6.45) is -9.05. The maximum absolute atomic E-state index is 13.5. The van der Waals surface area contributed by atoms with Gasteiger partial charge in [0.2, 0.25) is 5.88 Å². The molecule has 0 unspecified atom stereocenters. The van der Waals surface area contributed by atoms with Crippen molar-refractivity contribution in [3.8, 4) is 5.88 Å². The maximum atomic E-state index is 13.5. The standard InChI is InChI=1S/C9H5F9N2O3/c1-20-4(23-5(21)22)2-3(19-20)6(10,11)7(12,13)8(14,15)9(16,17)18/h2H,1H3,(H,21,22). The molecule has 1 aromatic heterocycles. The van der Waals surface area contributed by atoms with Gasteiger partial charge in [0.25, 0.3) is 0 Å². The van der Waals surface area contributed by atoms with Crippen LogP contribution in [-0.2, 0) is 13.0 Å². The molecule has 0 aromatic carbocycles. The van der Waals surface area contributed by atoms with E-state index in [0.717, 1.165) is 0 Å². The van der Waals surface area contributed by atoms with E-state index in [1.165, 1.54) is 0 Å². The van der Waals surface area contributed by atoms with Crippen molar-refractivity contribution in [2.24, 2.45) is 7.05 Å². The van der Waals surface area contributed by atoms with Crippen molar-refractivity contribution in [2.75, 3.05) is 0 Å². The molecule has 23 heavy (non-hydrogen) atoms. The lowest BCUT2D eigenvalue weighted by atomic mass is 10.0. The Morgan fingerprint density at radius 3 is 1.96 bits per heavy atom. The van der Waals surface area contributed by atoms with Crippen molar-refractivity contribution in [3.05, 3.63) is 11.8 Å². The summed E-state index contributed by atoms with van der Waals surface area (Å²) in [5, 5.41) is 10.8. The Labute approximate surface area is 120 Å². The number of hydrogen-bond donors (Lipinski definition) is 1. The van der Waals surface area contributed by atoms with Gasteiger partial charge < -0.3 is 9.84 Å². The quantitative estimate of drug-likeness (QED) is 0.660.